The number of rotatable bonds is 1. The number of nitrogens with zero attached hydrogens (tertiary/aromatic N) is 2. The summed E-state index contributed by atoms with van der Waals surface area (Å²) in [7, 11) is 3.17. The van der Waals surface area contributed by atoms with E-state index in [0.717, 1.165) is 0 Å². The molecular weight excluding hydrogens is 206 g/mol. The Hall–Kier alpha value is -2.17. The molecule has 0 atom stereocenters. The Morgan fingerprint density at radius 2 is 2.06 bits per heavy atom. The highest BCUT2D eigenvalue weighted by atomic mass is 16.2. The maximum Gasteiger partial charge on any atom is 0.275 e. The first-order valence-electron chi connectivity index (χ1n) is 4.83. The average molecular weight is 217 g/mol. The van der Waals surface area contributed by atoms with E-state index in [1.165, 1.54) is 11.7 Å². The van der Waals surface area contributed by atoms with Gasteiger partial charge in [-0.3, -0.25) is 14.3 Å². The second-order valence-electron chi connectivity index (χ2n) is 3.40. The van der Waals surface area contributed by atoms with Crippen molar-refractivity contribution in [2.45, 2.75) is 0 Å². The van der Waals surface area contributed by atoms with E-state index >= 15 is 0 Å². The molecule has 0 aliphatic carbocycles. The molecule has 0 fully saturated rings. The van der Waals surface area contributed by atoms with Crippen LogP contribution in [0, 0.1) is 0 Å². The van der Waals surface area contributed by atoms with Gasteiger partial charge in [-0.15, -0.1) is 0 Å². The second kappa shape index (κ2) is 3.77. The highest BCUT2D eigenvalue weighted by molar-refractivity contribution is 5.95. The van der Waals surface area contributed by atoms with Crippen molar-refractivity contribution in [1.29, 1.82) is 0 Å². The van der Waals surface area contributed by atoms with E-state index in [-0.39, 0.29) is 11.1 Å². The van der Waals surface area contributed by atoms with Gasteiger partial charge in [0, 0.05) is 19.5 Å². The molecule has 1 N–H and O–H groups in total. The number of aryl methyl sites for hydroxylation is 1. The third kappa shape index (κ3) is 1.46. The maximum absolute atomic E-state index is 11.9. The van der Waals surface area contributed by atoms with Crippen molar-refractivity contribution in [3.63, 3.8) is 0 Å². The van der Waals surface area contributed by atoms with E-state index in [2.05, 4.69) is 10.4 Å². The number of amides is 1. The van der Waals surface area contributed by atoms with Gasteiger partial charge in [-0.25, -0.2) is 0 Å². The van der Waals surface area contributed by atoms with Crippen LogP contribution in [0.3, 0.4) is 0 Å². The van der Waals surface area contributed by atoms with Gasteiger partial charge < -0.3 is 5.32 Å². The topological polar surface area (TPSA) is 64.0 Å². The van der Waals surface area contributed by atoms with E-state index in [1.807, 2.05) is 6.07 Å². The molecule has 1 amide bonds. The fraction of sp³-hybridized carbons (Fsp3) is 0.182. The Morgan fingerprint density at radius 1 is 1.38 bits per heavy atom. The van der Waals surface area contributed by atoms with Gasteiger partial charge in [-0.1, -0.05) is 12.1 Å². The molecule has 5 nitrogen and oxygen atoms in total. The predicted octanol–water partition coefficient (Wildman–Crippen LogP) is 0.293. The largest absolute Gasteiger partial charge is 0.354 e. The smallest absolute Gasteiger partial charge is 0.275 e. The lowest BCUT2D eigenvalue weighted by Gasteiger charge is -2.06. The van der Waals surface area contributed by atoms with Crippen molar-refractivity contribution >= 4 is 16.8 Å². The van der Waals surface area contributed by atoms with Crippen LogP contribution in [0.1, 0.15) is 10.5 Å². The fourth-order valence-corrected chi connectivity index (χ4v) is 1.59. The summed E-state index contributed by atoms with van der Waals surface area (Å²) in [4.78, 5) is 23.4. The summed E-state index contributed by atoms with van der Waals surface area (Å²) in [5.74, 6) is -0.466. The molecular formula is C11H11N3O2. The van der Waals surface area contributed by atoms with Gasteiger partial charge in [0.05, 0.1) is 5.52 Å². The summed E-state index contributed by atoms with van der Waals surface area (Å²) < 4.78 is 1.53. The Balaban J connectivity index is 2.86. The monoisotopic (exact) mass is 217 g/mol. The average Bonchev–Trinajstić information content (AvgIpc) is 2.33. The van der Waals surface area contributed by atoms with E-state index in [0.29, 0.717) is 10.9 Å². The van der Waals surface area contributed by atoms with Crippen molar-refractivity contribution in [3.8, 4) is 0 Å². The van der Waals surface area contributed by atoms with Crippen LogP contribution in [0.25, 0.3) is 10.9 Å². The third-order valence-corrected chi connectivity index (χ3v) is 2.40. The lowest BCUT2D eigenvalue weighted by Crippen LogP contribution is -2.29. The molecule has 82 valence electrons. The van der Waals surface area contributed by atoms with Crippen LogP contribution in [0.2, 0.25) is 0 Å². The summed E-state index contributed by atoms with van der Waals surface area (Å²) in [6, 6.07) is 7.06. The number of carbonyl (C=O) groups is 1. The first-order chi connectivity index (χ1) is 7.65. The van der Waals surface area contributed by atoms with E-state index in [1.54, 1.807) is 25.2 Å². The minimum absolute atomic E-state index is 0.0799. The number of para-hydroxylation sites is 1. The first-order valence-corrected chi connectivity index (χ1v) is 4.83. The number of hydrogen-bond donors (Lipinski definition) is 1. The van der Waals surface area contributed by atoms with Crippen LogP contribution >= 0.6 is 0 Å². The minimum Gasteiger partial charge on any atom is -0.354 e. The van der Waals surface area contributed by atoms with Gasteiger partial charge in [-0.05, 0) is 12.1 Å². The lowest BCUT2D eigenvalue weighted by atomic mass is 10.2. The second-order valence-corrected chi connectivity index (χ2v) is 3.40. The SMILES string of the molecule is CNC(=O)c1nn(C)c2ccccc2c1=O. The standard InChI is InChI=1S/C11H11N3O2/c1-12-11(16)9-10(15)7-5-3-4-6-8(7)14(2)13-9/h3-6H,1-2H3,(H,12,16). The summed E-state index contributed by atoms with van der Waals surface area (Å²) in [6.07, 6.45) is 0. The molecule has 16 heavy (non-hydrogen) atoms. The molecule has 5 heteroatoms. The number of hydrogen-bond acceptors (Lipinski definition) is 3. The molecule has 1 heterocycles. The predicted molar refractivity (Wildman–Crippen MR) is 60.4 cm³/mol. The fourth-order valence-electron chi connectivity index (χ4n) is 1.59. The van der Waals surface area contributed by atoms with E-state index in [9.17, 15) is 9.59 Å². The Kier molecular flexibility index (Phi) is 2.44. The van der Waals surface area contributed by atoms with Gasteiger partial charge >= 0.3 is 0 Å². The molecule has 0 radical (unpaired) electrons. The van der Waals surface area contributed by atoms with Gasteiger partial charge in [0.25, 0.3) is 5.91 Å². The summed E-state index contributed by atoms with van der Waals surface area (Å²) in [5.41, 5.74) is 0.289. The van der Waals surface area contributed by atoms with E-state index < -0.39 is 5.91 Å². The molecule has 0 spiro atoms. The van der Waals surface area contributed by atoms with Gasteiger partial charge in [0.15, 0.2) is 5.69 Å². The van der Waals surface area contributed by atoms with Crippen molar-refractivity contribution in [3.05, 3.63) is 40.2 Å². The molecule has 0 bridgehead atoms. The molecule has 0 aliphatic rings. The maximum atomic E-state index is 11.9. The Labute approximate surface area is 91.7 Å². The van der Waals surface area contributed by atoms with Crippen LogP contribution in [0.15, 0.2) is 29.1 Å². The Bertz CT molecular complexity index is 616. The van der Waals surface area contributed by atoms with Gasteiger partial charge in [0.1, 0.15) is 0 Å². The quantitative estimate of drug-likeness (QED) is 0.746. The number of aromatic nitrogens is 2. The zero-order valence-corrected chi connectivity index (χ0v) is 9.02. The molecule has 2 aromatic rings. The van der Waals surface area contributed by atoms with Crippen LogP contribution < -0.4 is 10.7 Å². The van der Waals surface area contributed by atoms with Crippen LogP contribution in [0.4, 0.5) is 0 Å². The van der Waals surface area contributed by atoms with E-state index in [4.69, 9.17) is 0 Å². The van der Waals surface area contributed by atoms with Crippen LogP contribution in [0.5, 0.6) is 0 Å². The minimum atomic E-state index is -0.466. The molecule has 1 aromatic heterocycles. The van der Waals surface area contributed by atoms with Crippen molar-refractivity contribution < 1.29 is 4.79 Å². The van der Waals surface area contributed by atoms with Gasteiger partial charge in [-0.2, -0.15) is 5.10 Å². The first kappa shape index (κ1) is 10.4. The van der Waals surface area contributed by atoms with Crippen molar-refractivity contribution in [1.82, 2.24) is 15.1 Å². The summed E-state index contributed by atoms with van der Waals surface area (Å²) in [6.45, 7) is 0. The van der Waals surface area contributed by atoms with Gasteiger partial charge in [0.2, 0.25) is 5.43 Å². The zero-order chi connectivity index (χ0) is 11.7. The van der Waals surface area contributed by atoms with Crippen molar-refractivity contribution in [2.24, 2.45) is 7.05 Å². The summed E-state index contributed by atoms with van der Waals surface area (Å²) >= 11 is 0. The number of benzene rings is 1. The van der Waals surface area contributed by atoms with Crippen molar-refractivity contribution in [2.75, 3.05) is 7.05 Å². The van der Waals surface area contributed by atoms with Crippen LogP contribution in [-0.4, -0.2) is 22.7 Å². The summed E-state index contributed by atoms with van der Waals surface area (Å²) in [5, 5.41) is 6.86. The third-order valence-electron chi connectivity index (χ3n) is 2.40. The Morgan fingerprint density at radius 3 is 2.75 bits per heavy atom. The molecule has 0 unspecified atom stereocenters. The molecule has 0 saturated carbocycles. The lowest BCUT2D eigenvalue weighted by molar-refractivity contribution is 0.0955. The molecule has 2 rings (SSSR count). The normalized spacial score (nSPS) is 10.4. The highest BCUT2D eigenvalue weighted by Gasteiger charge is 2.14. The zero-order valence-electron chi connectivity index (χ0n) is 9.02. The molecule has 0 aliphatic heterocycles. The molecule has 0 saturated heterocycles. The molecule has 1 aromatic carbocycles. The van der Waals surface area contributed by atoms with Crippen LogP contribution in [-0.2, 0) is 7.05 Å². The highest BCUT2D eigenvalue weighted by Crippen LogP contribution is 2.07. The number of carbonyl (C=O) groups excluding carboxylic acids is 1. The number of nitrogens with one attached hydrogen (secondary N) is 1. The number of fused-ring (bicyclic) bond motifs is 1.